The molecule has 0 bridgehead atoms. The summed E-state index contributed by atoms with van der Waals surface area (Å²) in [4.78, 5) is 35.7. The number of amides is 2. The number of hydroxylamine groups is 1. The maximum atomic E-state index is 14.2. The van der Waals surface area contributed by atoms with Gasteiger partial charge in [-0.1, -0.05) is 47.1 Å². The van der Waals surface area contributed by atoms with Crippen LogP contribution in [0.4, 0.5) is 4.79 Å². The van der Waals surface area contributed by atoms with Crippen LogP contribution in [0.5, 0.6) is 0 Å². The van der Waals surface area contributed by atoms with Gasteiger partial charge in [0.2, 0.25) is 0 Å². The lowest BCUT2D eigenvalue weighted by molar-refractivity contribution is -0.202. The number of carbonyl (C=O) groups is 3. The number of hydrogen-bond acceptors (Lipinski definition) is 5. The van der Waals surface area contributed by atoms with E-state index in [1.807, 2.05) is 13.0 Å². The number of carboxylic acid groups (broad SMARTS) is 1. The van der Waals surface area contributed by atoms with Crippen molar-refractivity contribution >= 4 is 17.8 Å². The van der Waals surface area contributed by atoms with Crippen molar-refractivity contribution in [1.82, 2.24) is 5.48 Å². The molecule has 9 unspecified atom stereocenters. The molecule has 4 fully saturated rings. The molecule has 5 aliphatic rings. The molecule has 0 aliphatic heterocycles. The maximum Gasteiger partial charge on any atom is 0.335 e. The smallest absolute Gasteiger partial charge is 0.335 e. The predicted molar refractivity (Wildman–Crippen MR) is 148 cm³/mol. The molecular formula is C31H50N2O6. The van der Waals surface area contributed by atoms with Crippen molar-refractivity contribution in [2.75, 3.05) is 0 Å². The van der Waals surface area contributed by atoms with Gasteiger partial charge >= 0.3 is 12.0 Å². The zero-order valence-corrected chi connectivity index (χ0v) is 24.9. The van der Waals surface area contributed by atoms with E-state index < -0.39 is 17.4 Å². The Morgan fingerprint density at radius 3 is 2.10 bits per heavy atom. The number of nitrogens with two attached hydrogens (primary N) is 1. The average Bonchev–Trinajstić information content (AvgIpc) is 2.84. The van der Waals surface area contributed by atoms with Crippen LogP contribution in [-0.4, -0.2) is 39.3 Å². The fraction of sp³-hybridized carbons (Fsp3) is 0.839. The summed E-state index contributed by atoms with van der Waals surface area (Å²) in [6.45, 7) is 15.8. The molecule has 0 heterocycles. The molecule has 5 rings (SSSR count). The molecule has 0 aromatic heterocycles. The third kappa shape index (κ3) is 4.18. The zero-order chi connectivity index (χ0) is 29.4. The second kappa shape index (κ2) is 9.30. The van der Waals surface area contributed by atoms with E-state index in [0.29, 0.717) is 12.3 Å². The molecule has 0 aromatic rings. The first-order chi connectivity index (χ1) is 17.8. The molecule has 4 saturated carbocycles. The van der Waals surface area contributed by atoms with Crippen molar-refractivity contribution in [2.24, 2.45) is 56.0 Å². The molecule has 2 amide bonds. The maximum absolute atomic E-state index is 14.2. The van der Waals surface area contributed by atoms with Gasteiger partial charge in [-0.25, -0.2) is 10.3 Å². The topological polar surface area (TPSA) is 150 Å². The Kier molecular flexibility index (Phi) is 7.16. The standard InChI is InChI=1S/C30H46O4.CH4N2O2/c1-25(2)21-8-11-30(7)23(28(21,5)10-9-22(25)32)20(31)16-18-19-17-27(4,24(33)34)13-12-26(19,3)14-15-29(18,30)6;2-1(4)3-5/h16,19,21-23,32H,8-15,17H2,1-7H3,(H,33,34);5H,(H3,2,3,4). The number of fused-ring (bicyclic) bond motifs is 7. The monoisotopic (exact) mass is 546 g/mol. The van der Waals surface area contributed by atoms with E-state index in [1.54, 1.807) is 0 Å². The van der Waals surface area contributed by atoms with Crippen LogP contribution >= 0.6 is 0 Å². The Labute approximate surface area is 233 Å². The molecule has 5 aliphatic carbocycles. The number of urea groups is 1. The van der Waals surface area contributed by atoms with Gasteiger partial charge in [0, 0.05) is 5.92 Å². The van der Waals surface area contributed by atoms with Gasteiger partial charge < -0.3 is 15.9 Å². The van der Waals surface area contributed by atoms with Crippen molar-refractivity contribution < 1.29 is 29.8 Å². The SMILES string of the molecule is CC1(C(=O)O)CCC2(C)CCC3(C)C(=CC(=O)C4C5(C)CCC(O)C(C)(C)C5CCC43C)C2C1.NC(=O)NO. The lowest BCUT2D eigenvalue weighted by Crippen LogP contribution is -2.66. The van der Waals surface area contributed by atoms with Crippen molar-refractivity contribution in [3.05, 3.63) is 11.6 Å². The predicted octanol–water partition coefficient (Wildman–Crippen LogP) is 5.46. The number of carbonyl (C=O) groups excluding carboxylic acids is 2. The minimum absolute atomic E-state index is 0.0296. The fourth-order valence-electron chi connectivity index (χ4n) is 10.4. The molecule has 0 saturated heterocycles. The van der Waals surface area contributed by atoms with Crippen molar-refractivity contribution in [3.63, 3.8) is 0 Å². The first-order valence-electron chi connectivity index (χ1n) is 14.7. The number of hydrogen-bond donors (Lipinski definition) is 5. The van der Waals surface area contributed by atoms with Gasteiger partial charge in [-0.05, 0) is 110 Å². The van der Waals surface area contributed by atoms with Crippen LogP contribution in [0.15, 0.2) is 11.6 Å². The van der Waals surface area contributed by atoms with E-state index in [0.717, 1.165) is 51.4 Å². The molecule has 0 aromatic carbocycles. The minimum atomic E-state index is -0.940. The molecule has 0 radical (unpaired) electrons. The van der Waals surface area contributed by atoms with E-state index in [4.69, 9.17) is 5.21 Å². The Balaban J connectivity index is 0.000000648. The van der Waals surface area contributed by atoms with Crippen LogP contribution in [0, 0.1) is 50.2 Å². The molecule has 8 heteroatoms. The number of ketones is 1. The molecular weight excluding hydrogens is 496 g/mol. The van der Waals surface area contributed by atoms with Crippen LogP contribution in [0.25, 0.3) is 0 Å². The van der Waals surface area contributed by atoms with E-state index in [1.165, 1.54) is 11.1 Å². The molecule has 8 nitrogen and oxygen atoms in total. The van der Waals surface area contributed by atoms with Crippen LogP contribution in [0.1, 0.15) is 106 Å². The second-order valence-electron chi connectivity index (χ2n) is 15.4. The second-order valence-corrected chi connectivity index (χ2v) is 15.4. The normalized spacial score (nSPS) is 48.0. The first-order valence-corrected chi connectivity index (χ1v) is 14.7. The highest BCUT2D eigenvalue weighted by atomic mass is 16.5. The quantitative estimate of drug-likeness (QED) is 0.218. The highest BCUT2D eigenvalue weighted by molar-refractivity contribution is 5.95. The molecule has 0 spiro atoms. The largest absolute Gasteiger partial charge is 0.481 e. The minimum Gasteiger partial charge on any atom is -0.481 e. The molecule has 6 N–H and O–H groups in total. The lowest BCUT2D eigenvalue weighted by atomic mass is 9.33. The summed E-state index contributed by atoms with van der Waals surface area (Å²) in [6.07, 6.45) is 9.95. The Hall–Kier alpha value is -1.93. The molecule has 39 heavy (non-hydrogen) atoms. The summed E-state index contributed by atoms with van der Waals surface area (Å²) in [6, 6.07) is -0.940. The van der Waals surface area contributed by atoms with E-state index in [9.17, 15) is 24.6 Å². The highest BCUT2D eigenvalue weighted by Crippen LogP contribution is 2.75. The van der Waals surface area contributed by atoms with Gasteiger partial charge in [0.25, 0.3) is 0 Å². The Bertz CT molecular complexity index is 1090. The molecule has 9 atom stereocenters. The number of aliphatic hydroxyl groups excluding tert-OH is 1. The van der Waals surface area contributed by atoms with Crippen molar-refractivity contribution in [1.29, 1.82) is 0 Å². The number of rotatable bonds is 1. The van der Waals surface area contributed by atoms with Gasteiger partial charge in [-0.2, -0.15) is 0 Å². The summed E-state index contributed by atoms with van der Waals surface area (Å²) in [5.74, 6) is 0.0603. The van der Waals surface area contributed by atoms with E-state index in [2.05, 4.69) is 47.3 Å². The van der Waals surface area contributed by atoms with E-state index in [-0.39, 0.29) is 50.8 Å². The Morgan fingerprint density at radius 2 is 1.54 bits per heavy atom. The third-order valence-corrected chi connectivity index (χ3v) is 13.2. The summed E-state index contributed by atoms with van der Waals surface area (Å²) in [7, 11) is 0. The zero-order valence-electron chi connectivity index (χ0n) is 24.9. The average molecular weight is 547 g/mol. The van der Waals surface area contributed by atoms with Crippen molar-refractivity contribution in [2.45, 2.75) is 112 Å². The van der Waals surface area contributed by atoms with Gasteiger partial charge in [0.05, 0.1) is 11.5 Å². The van der Waals surface area contributed by atoms with Gasteiger partial charge in [0.15, 0.2) is 5.78 Å². The highest BCUT2D eigenvalue weighted by Gasteiger charge is 2.70. The summed E-state index contributed by atoms with van der Waals surface area (Å²) < 4.78 is 0. The van der Waals surface area contributed by atoms with Gasteiger partial charge in [-0.3, -0.25) is 14.8 Å². The van der Waals surface area contributed by atoms with Gasteiger partial charge in [-0.15, -0.1) is 0 Å². The van der Waals surface area contributed by atoms with Crippen LogP contribution < -0.4 is 11.2 Å². The van der Waals surface area contributed by atoms with Crippen molar-refractivity contribution in [3.8, 4) is 0 Å². The van der Waals surface area contributed by atoms with Crippen LogP contribution in [-0.2, 0) is 9.59 Å². The molecule has 220 valence electrons. The van der Waals surface area contributed by atoms with Crippen LogP contribution in [0.3, 0.4) is 0 Å². The van der Waals surface area contributed by atoms with Gasteiger partial charge in [0.1, 0.15) is 0 Å². The fourth-order valence-corrected chi connectivity index (χ4v) is 10.4. The lowest BCUT2D eigenvalue weighted by Gasteiger charge is -2.70. The number of carboxylic acids is 1. The number of aliphatic carboxylic acids is 1. The number of allylic oxidation sites excluding steroid dienone is 2. The number of nitrogens with one attached hydrogen (secondary N) is 1. The van der Waals surface area contributed by atoms with Crippen LogP contribution in [0.2, 0.25) is 0 Å². The summed E-state index contributed by atoms with van der Waals surface area (Å²) >= 11 is 0. The first kappa shape index (κ1) is 30.0. The third-order valence-electron chi connectivity index (χ3n) is 13.2. The number of primary amides is 1. The summed E-state index contributed by atoms with van der Waals surface area (Å²) in [5, 5.41) is 28.3. The Morgan fingerprint density at radius 1 is 0.949 bits per heavy atom. The number of aliphatic hydroxyl groups is 1. The summed E-state index contributed by atoms with van der Waals surface area (Å²) in [5.41, 5.74) is 5.60. The van der Waals surface area contributed by atoms with E-state index >= 15 is 0 Å².